The Labute approximate surface area is 203 Å². The second kappa shape index (κ2) is 10.3. The molecule has 0 aromatic heterocycles. The van der Waals surface area contributed by atoms with Crippen molar-refractivity contribution in [2.45, 2.75) is 51.2 Å². The van der Waals surface area contributed by atoms with Crippen LogP contribution >= 0.6 is 0 Å². The molecule has 12 heteroatoms. The van der Waals surface area contributed by atoms with Crippen LogP contribution in [0.1, 0.15) is 48.6 Å². The predicted molar refractivity (Wildman–Crippen MR) is 117 cm³/mol. The molecule has 0 spiro atoms. The Morgan fingerprint density at radius 1 is 1.03 bits per heavy atom. The first-order chi connectivity index (χ1) is 16.8. The summed E-state index contributed by atoms with van der Waals surface area (Å²) in [5.41, 5.74) is -2.46. The van der Waals surface area contributed by atoms with Gasteiger partial charge in [0, 0.05) is 12.6 Å². The summed E-state index contributed by atoms with van der Waals surface area (Å²) in [6.07, 6.45) is -11.5. The van der Waals surface area contributed by atoms with E-state index in [-0.39, 0.29) is 24.7 Å². The third-order valence-electron chi connectivity index (χ3n) is 5.81. The molecule has 36 heavy (non-hydrogen) atoms. The lowest BCUT2D eigenvalue weighted by Gasteiger charge is -2.42. The zero-order chi connectivity index (χ0) is 26.8. The number of benzene rings is 2. The zero-order valence-corrected chi connectivity index (χ0v) is 19.6. The monoisotopic (exact) mass is 518 g/mol. The molecular weight excluding hydrogens is 494 g/mol. The van der Waals surface area contributed by atoms with Crippen LogP contribution < -0.4 is 4.90 Å². The molecule has 1 heterocycles. The lowest BCUT2D eigenvalue weighted by molar-refractivity contribution is -0.143. The summed E-state index contributed by atoms with van der Waals surface area (Å²) >= 11 is 0. The highest BCUT2D eigenvalue weighted by molar-refractivity contribution is 5.90. The molecule has 2 amide bonds. The van der Waals surface area contributed by atoms with Crippen molar-refractivity contribution in [1.82, 2.24) is 4.90 Å². The van der Waals surface area contributed by atoms with Crippen LogP contribution in [-0.4, -0.2) is 36.8 Å². The van der Waals surface area contributed by atoms with Crippen LogP contribution in [0.3, 0.4) is 0 Å². The van der Waals surface area contributed by atoms with E-state index in [1.807, 2.05) is 0 Å². The lowest BCUT2D eigenvalue weighted by Crippen LogP contribution is -2.47. The molecule has 0 saturated carbocycles. The number of nitrogens with zero attached hydrogens (tertiary/aromatic N) is 2. The van der Waals surface area contributed by atoms with E-state index in [0.29, 0.717) is 23.4 Å². The predicted octanol–water partition coefficient (Wildman–Crippen LogP) is 6.79. The molecule has 0 fully saturated rings. The number of methoxy groups -OCH3 is 1. The Balaban J connectivity index is 2.09. The Kier molecular flexibility index (Phi) is 7.75. The van der Waals surface area contributed by atoms with E-state index in [0.717, 1.165) is 12.0 Å². The normalized spacial score (nSPS) is 17.9. The van der Waals surface area contributed by atoms with Crippen molar-refractivity contribution in [1.29, 1.82) is 0 Å². The second-order valence-corrected chi connectivity index (χ2v) is 8.24. The van der Waals surface area contributed by atoms with Gasteiger partial charge in [-0.2, -0.15) is 26.3 Å². The number of amides is 2. The number of halogens is 6. The molecule has 0 N–H and O–H groups in total. The van der Waals surface area contributed by atoms with Gasteiger partial charge in [-0.25, -0.2) is 9.59 Å². The van der Waals surface area contributed by atoms with Crippen molar-refractivity contribution >= 4 is 17.9 Å². The first-order valence-corrected chi connectivity index (χ1v) is 11.0. The molecule has 0 unspecified atom stereocenters. The number of carbonyl (C=O) groups excluding carboxylic acids is 2. The minimum Gasteiger partial charge on any atom is -0.453 e. The second-order valence-electron chi connectivity index (χ2n) is 8.24. The summed E-state index contributed by atoms with van der Waals surface area (Å²) in [4.78, 5) is 27.8. The van der Waals surface area contributed by atoms with Crippen molar-refractivity contribution < 1.29 is 45.4 Å². The molecule has 0 saturated heterocycles. The Morgan fingerprint density at radius 2 is 1.61 bits per heavy atom. The van der Waals surface area contributed by atoms with Crippen LogP contribution in [0, 0.1) is 0 Å². The number of para-hydroxylation sites is 1. The maximum atomic E-state index is 13.4. The fourth-order valence-corrected chi connectivity index (χ4v) is 4.27. The fraction of sp³-hybridized carbons (Fsp3) is 0.417. The molecule has 2 aromatic rings. The quantitative estimate of drug-likeness (QED) is 0.419. The summed E-state index contributed by atoms with van der Waals surface area (Å²) in [5, 5.41) is 0. The molecule has 6 nitrogen and oxygen atoms in total. The summed E-state index contributed by atoms with van der Waals surface area (Å²) < 4.78 is 90.1. The number of ether oxygens (including phenoxy) is 2. The third kappa shape index (κ3) is 5.68. The average molecular weight is 518 g/mol. The van der Waals surface area contributed by atoms with Gasteiger partial charge in [-0.15, -0.1) is 0 Å². The van der Waals surface area contributed by atoms with Gasteiger partial charge in [0.1, 0.15) is 0 Å². The molecule has 1 aliphatic heterocycles. The summed E-state index contributed by atoms with van der Waals surface area (Å²) in [6.45, 7) is 2.87. The van der Waals surface area contributed by atoms with E-state index in [2.05, 4.69) is 0 Å². The molecule has 0 bridgehead atoms. The first kappa shape index (κ1) is 27.2. The number of carbonyl (C=O) groups is 2. The van der Waals surface area contributed by atoms with E-state index >= 15 is 0 Å². The number of hydrogen-bond donors (Lipinski definition) is 0. The smallest absolute Gasteiger partial charge is 0.416 e. The van der Waals surface area contributed by atoms with Gasteiger partial charge in [0.25, 0.3) is 0 Å². The van der Waals surface area contributed by atoms with Crippen LogP contribution in [0.15, 0.2) is 42.5 Å². The molecule has 2 aromatic carbocycles. The molecule has 1 aliphatic rings. The van der Waals surface area contributed by atoms with Gasteiger partial charge in [0.05, 0.1) is 36.6 Å². The van der Waals surface area contributed by atoms with Crippen molar-refractivity contribution in [2.24, 2.45) is 0 Å². The molecule has 196 valence electrons. The van der Waals surface area contributed by atoms with E-state index in [4.69, 9.17) is 9.47 Å². The first-order valence-electron chi connectivity index (χ1n) is 11.0. The highest BCUT2D eigenvalue weighted by Gasteiger charge is 2.40. The van der Waals surface area contributed by atoms with Crippen LogP contribution in [0.5, 0.6) is 0 Å². The molecule has 0 radical (unpaired) electrons. The molecule has 0 aliphatic carbocycles. The van der Waals surface area contributed by atoms with Gasteiger partial charge in [0.2, 0.25) is 0 Å². The van der Waals surface area contributed by atoms with Gasteiger partial charge in [-0.3, -0.25) is 9.80 Å². The third-order valence-corrected chi connectivity index (χ3v) is 5.81. The van der Waals surface area contributed by atoms with Gasteiger partial charge in [-0.05, 0) is 55.7 Å². The molecule has 2 atom stereocenters. The highest BCUT2D eigenvalue weighted by atomic mass is 19.4. The number of anilines is 1. The average Bonchev–Trinajstić information content (AvgIpc) is 2.80. The molecular formula is C24H24F6N2O4. The van der Waals surface area contributed by atoms with E-state index in [1.165, 1.54) is 4.90 Å². The minimum atomic E-state index is -5.03. The Morgan fingerprint density at radius 3 is 2.14 bits per heavy atom. The minimum absolute atomic E-state index is 0.0290. The van der Waals surface area contributed by atoms with Crippen LogP contribution in [0.25, 0.3) is 0 Å². The highest BCUT2D eigenvalue weighted by Crippen LogP contribution is 2.42. The van der Waals surface area contributed by atoms with E-state index < -0.39 is 54.3 Å². The Hall–Kier alpha value is -3.44. The topological polar surface area (TPSA) is 59.1 Å². The number of hydrogen-bond acceptors (Lipinski definition) is 4. The van der Waals surface area contributed by atoms with Gasteiger partial charge >= 0.3 is 24.5 Å². The standard InChI is InChI=1S/C24H24F6N2O4/c1-4-36-22(34)32-14(2)9-20(18-7-5-6-8-19(18)32)31(21(33)35-3)13-15-10-16(23(25,26)27)12-17(11-15)24(28,29)30/h5-8,10-12,14,20H,4,9,13H2,1-3H3/t14-,20+/m1/s1. The van der Waals surface area contributed by atoms with Crippen LogP contribution in [0.4, 0.5) is 41.6 Å². The van der Waals surface area contributed by atoms with Crippen molar-refractivity contribution in [3.63, 3.8) is 0 Å². The number of rotatable bonds is 4. The summed E-state index contributed by atoms with van der Waals surface area (Å²) in [7, 11) is 1.06. The summed E-state index contributed by atoms with van der Waals surface area (Å²) in [6, 6.07) is 6.42. The number of fused-ring (bicyclic) bond motifs is 1. The van der Waals surface area contributed by atoms with Crippen LogP contribution in [-0.2, 0) is 28.4 Å². The van der Waals surface area contributed by atoms with Crippen molar-refractivity contribution in [3.8, 4) is 0 Å². The zero-order valence-electron chi connectivity index (χ0n) is 19.6. The van der Waals surface area contributed by atoms with E-state index in [1.54, 1.807) is 38.1 Å². The van der Waals surface area contributed by atoms with Crippen LogP contribution in [0.2, 0.25) is 0 Å². The fourth-order valence-electron chi connectivity index (χ4n) is 4.27. The number of alkyl halides is 6. The lowest BCUT2D eigenvalue weighted by atomic mass is 9.90. The molecule has 3 rings (SSSR count). The van der Waals surface area contributed by atoms with Crippen molar-refractivity contribution in [2.75, 3.05) is 18.6 Å². The Bertz CT molecular complexity index is 1090. The van der Waals surface area contributed by atoms with E-state index in [9.17, 15) is 35.9 Å². The maximum absolute atomic E-state index is 13.4. The van der Waals surface area contributed by atoms with Crippen molar-refractivity contribution in [3.05, 3.63) is 64.7 Å². The largest absolute Gasteiger partial charge is 0.453 e. The van der Waals surface area contributed by atoms with Gasteiger partial charge in [-0.1, -0.05) is 18.2 Å². The summed E-state index contributed by atoms with van der Waals surface area (Å²) in [5.74, 6) is 0. The van der Waals surface area contributed by atoms with Gasteiger partial charge in [0.15, 0.2) is 0 Å². The maximum Gasteiger partial charge on any atom is 0.416 e. The van der Waals surface area contributed by atoms with Gasteiger partial charge < -0.3 is 9.47 Å². The SMILES string of the molecule is CCOC(=O)N1c2ccccc2[C@@H](N(Cc2cc(C(F)(F)F)cc(C(F)(F)F)c2)C(=O)OC)C[C@H]1C.